The number of rotatable bonds is 9. The molecule has 188 valence electrons. The van der Waals surface area contributed by atoms with Crippen LogP contribution in [0, 0.1) is 5.92 Å². The van der Waals surface area contributed by atoms with Crippen LogP contribution in [0.2, 0.25) is 0 Å². The molecule has 8 heteroatoms. The summed E-state index contributed by atoms with van der Waals surface area (Å²) >= 11 is 8.74. The van der Waals surface area contributed by atoms with Gasteiger partial charge >= 0.3 is 0 Å². The molecule has 0 saturated carbocycles. The fourth-order valence-electron chi connectivity index (χ4n) is 3.35. The summed E-state index contributed by atoms with van der Waals surface area (Å²) in [6.45, 7) is 6.70. The molecule has 3 rings (SSSR count). The van der Waals surface area contributed by atoms with E-state index in [-0.39, 0.29) is 23.0 Å². The second-order valence-electron chi connectivity index (χ2n) is 8.76. The molecule has 3 aromatic carbocycles. The summed E-state index contributed by atoms with van der Waals surface area (Å²) in [6.07, 6.45) is 0.885. The topological polar surface area (TPSA) is 79.5 Å². The number of hydrogen-bond donors (Lipinski definition) is 3. The second kappa shape index (κ2) is 13.2. The van der Waals surface area contributed by atoms with Crippen molar-refractivity contribution in [1.29, 1.82) is 0 Å². The number of nitrogens with one attached hydrogen (secondary N) is 3. The molecule has 1 unspecified atom stereocenters. The van der Waals surface area contributed by atoms with E-state index < -0.39 is 0 Å². The maximum absolute atomic E-state index is 12.9. The zero-order chi connectivity index (χ0) is 26.1. The van der Waals surface area contributed by atoms with Gasteiger partial charge in [-0.3, -0.25) is 14.9 Å². The molecule has 0 aliphatic rings. The van der Waals surface area contributed by atoms with Crippen molar-refractivity contribution in [1.82, 2.24) is 10.6 Å². The molecular weight excluding hydrogens is 538 g/mol. The molecule has 0 bridgehead atoms. The Morgan fingerprint density at radius 3 is 2.31 bits per heavy atom. The third-order valence-electron chi connectivity index (χ3n) is 5.42. The van der Waals surface area contributed by atoms with Crippen LogP contribution in [0.1, 0.15) is 59.5 Å². The van der Waals surface area contributed by atoms with Crippen LogP contribution in [0.5, 0.6) is 5.75 Å². The van der Waals surface area contributed by atoms with Crippen molar-refractivity contribution in [2.24, 2.45) is 5.92 Å². The molecular formula is C28H30BrN3O3S. The Hall–Kier alpha value is -3.23. The highest BCUT2D eigenvalue weighted by Crippen LogP contribution is 2.24. The lowest BCUT2D eigenvalue weighted by Gasteiger charge is -2.15. The Labute approximate surface area is 226 Å². The monoisotopic (exact) mass is 567 g/mol. The van der Waals surface area contributed by atoms with Gasteiger partial charge in [-0.1, -0.05) is 60.1 Å². The smallest absolute Gasteiger partial charge is 0.261 e. The molecule has 2 amide bonds. The molecule has 3 aromatic rings. The molecule has 1 atom stereocenters. The van der Waals surface area contributed by atoms with E-state index in [1.807, 2.05) is 43.3 Å². The van der Waals surface area contributed by atoms with E-state index in [0.717, 1.165) is 16.5 Å². The minimum absolute atomic E-state index is 0.114. The zero-order valence-electron chi connectivity index (χ0n) is 20.5. The molecule has 6 nitrogen and oxygen atoms in total. The number of carbonyl (C=O) groups excluding carboxylic acids is 2. The van der Waals surface area contributed by atoms with Gasteiger partial charge in [0.05, 0.1) is 18.2 Å². The number of thiocarbonyl (C=S) groups is 1. The van der Waals surface area contributed by atoms with E-state index in [1.54, 1.807) is 36.4 Å². The summed E-state index contributed by atoms with van der Waals surface area (Å²) in [4.78, 5) is 25.5. The van der Waals surface area contributed by atoms with Crippen molar-refractivity contribution < 1.29 is 14.3 Å². The van der Waals surface area contributed by atoms with Gasteiger partial charge in [-0.25, -0.2) is 0 Å². The number of carbonyl (C=O) groups is 2. The van der Waals surface area contributed by atoms with Gasteiger partial charge in [0.15, 0.2) is 5.11 Å². The lowest BCUT2D eigenvalue weighted by atomic mass is 10.1. The van der Waals surface area contributed by atoms with Crippen LogP contribution in [0.15, 0.2) is 77.3 Å². The van der Waals surface area contributed by atoms with Crippen LogP contribution in [-0.2, 0) is 0 Å². The molecule has 0 aliphatic carbocycles. The Balaban J connectivity index is 1.57. The molecule has 3 N–H and O–H groups in total. The zero-order valence-corrected chi connectivity index (χ0v) is 22.9. The van der Waals surface area contributed by atoms with Crippen molar-refractivity contribution in [3.63, 3.8) is 0 Å². The maximum atomic E-state index is 12.9. The highest BCUT2D eigenvalue weighted by molar-refractivity contribution is 9.10. The predicted molar refractivity (Wildman–Crippen MR) is 152 cm³/mol. The van der Waals surface area contributed by atoms with E-state index in [1.165, 1.54) is 0 Å². The molecule has 0 fully saturated rings. The van der Waals surface area contributed by atoms with Gasteiger partial charge in [0.2, 0.25) is 0 Å². The number of ether oxygens (including phenoxy) is 1. The lowest BCUT2D eigenvalue weighted by molar-refractivity contribution is 0.0938. The summed E-state index contributed by atoms with van der Waals surface area (Å²) in [7, 11) is 0. The standard InChI is InChI=1S/C28H30BrN3O3S/c1-18(2)15-16-35-25-14-11-22(29)17-24(25)27(34)32-28(36)31-23-12-9-21(10-13-23)26(33)30-19(3)20-7-5-4-6-8-20/h4-14,17-19H,15-16H2,1-3H3,(H,30,33)(H2,31,32,34,36). The third kappa shape index (κ3) is 8.17. The van der Waals surface area contributed by atoms with E-state index in [9.17, 15) is 9.59 Å². The number of hydrogen-bond acceptors (Lipinski definition) is 4. The SMILES string of the molecule is CC(C)CCOc1ccc(Br)cc1C(=O)NC(=S)Nc1ccc(C(=O)NC(C)c2ccccc2)cc1. The van der Waals surface area contributed by atoms with Crippen molar-refractivity contribution >= 4 is 50.8 Å². The maximum Gasteiger partial charge on any atom is 0.261 e. The molecule has 0 heterocycles. The van der Waals surface area contributed by atoms with Crippen LogP contribution in [0.3, 0.4) is 0 Å². The first-order valence-electron chi connectivity index (χ1n) is 11.7. The lowest BCUT2D eigenvalue weighted by Crippen LogP contribution is -2.34. The van der Waals surface area contributed by atoms with Gasteiger partial charge in [-0.2, -0.15) is 0 Å². The Morgan fingerprint density at radius 1 is 0.944 bits per heavy atom. The summed E-state index contributed by atoms with van der Waals surface area (Å²) in [6, 6.07) is 21.8. The highest BCUT2D eigenvalue weighted by Gasteiger charge is 2.16. The van der Waals surface area contributed by atoms with Crippen LogP contribution in [-0.4, -0.2) is 23.5 Å². The van der Waals surface area contributed by atoms with Gasteiger partial charge in [0, 0.05) is 15.7 Å². The minimum Gasteiger partial charge on any atom is -0.493 e. The van der Waals surface area contributed by atoms with Gasteiger partial charge < -0.3 is 15.4 Å². The molecule has 0 aromatic heterocycles. The molecule has 0 radical (unpaired) electrons. The van der Waals surface area contributed by atoms with E-state index in [4.69, 9.17) is 17.0 Å². The fourth-order valence-corrected chi connectivity index (χ4v) is 3.92. The van der Waals surface area contributed by atoms with Gasteiger partial charge in [0.25, 0.3) is 11.8 Å². The Morgan fingerprint density at radius 2 is 1.64 bits per heavy atom. The summed E-state index contributed by atoms with van der Waals surface area (Å²) in [5.74, 6) is 0.450. The number of benzene rings is 3. The second-order valence-corrected chi connectivity index (χ2v) is 10.1. The number of anilines is 1. The first-order chi connectivity index (χ1) is 17.2. The average Bonchev–Trinajstić information content (AvgIpc) is 2.85. The first-order valence-corrected chi connectivity index (χ1v) is 12.9. The normalized spacial score (nSPS) is 11.5. The van der Waals surface area contributed by atoms with Crippen molar-refractivity contribution in [2.45, 2.75) is 33.2 Å². The summed E-state index contributed by atoms with van der Waals surface area (Å²) in [5.41, 5.74) is 2.59. The average molecular weight is 569 g/mol. The van der Waals surface area contributed by atoms with E-state index in [0.29, 0.717) is 35.1 Å². The fraction of sp³-hybridized carbons (Fsp3) is 0.250. The molecule has 0 saturated heterocycles. The third-order valence-corrected chi connectivity index (χ3v) is 6.12. The van der Waals surface area contributed by atoms with Crippen LogP contribution < -0.4 is 20.7 Å². The van der Waals surface area contributed by atoms with E-state index >= 15 is 0 Å². The molecule has 36 heavy (non-hydrogen) atoms. The summed E-state index contributed by atoms with van der Waals surface area (Å²) < 4.78 is 6.59. The first kappa shape index (κ1) is 27.4. The van der Waals surface area contributed by atoms with E-state index in [2.05, 4.69) is 45.7 Å². The van der Waals surface area contributed by atoms with Crippen molar-refractivity contribution in [3.8, 4) is 5.75 Å². The van der Waals surface area contributed by atoms with Crippen LogP contribution in [0.4, 0.5) is 5.69 Å². The minimum atomic E-state index is -0.376. The van der Waals surface area contributed by atoms with Crippen LogP contribution in [0.25, 0.3) is 0 Å². The summed E-state index contributed by atoms with van der Waals surface area (Å²) in [5, 5.41) is 8.81. The van der Waals surface area contributed by atoms with Crippen molar-refractivity contribution in [2.75, 3.05) is 11.9 Å². The van der Waals surface area contributed by atoms with Crippen LogP contribution >= 0.6 is 28.1 Å². The van der Waals surface area contributed by atoms with Gasteiger partial charge in [0.1, 0.15) is 5.75 Å². The van der Waals surface area contributed by atoms with Crippen molar-refractivity contribution in [3.05, 3.63) is 94.0 Å². The Bertz CT molecular complexity index is 1200. The largest absolute Gasteiger partial charge is 0.493 e. The number of amides is 2. The highest BCUT2D eigenvalue weighted by atomic mass is 79.9. The van der Waals surface area contributed by atoms with Gasteiger partial charge in [-0.15, -0.1) is 0 Å². The molecule has 0 aliphatic heterocycles. The molecule has 0 spiro atoms. The quantitative estimate of drug-likeness (QED) is 0.257. The Kier molecular flexibility index (Phi) is 10.0. The van der Waals surface area contributed by atoms with Gasteiger partial charge in [-0.05, 0) is 79.5 Å². The predicted octanol–water partition coefficient (Wildman–Crippen LogP) is 6.49. The number of halogens is 1.